The number of hydrogen-bond acceptors (Lipinski definition) is 3. The molecule has 146 valence electrons. The van der Waals surface area contributed by atoms with Gasteiger partial charge >= 0.3 is 0 Å². The molecule has 5 nitrogen and oxygen atoms in total. The van der Waals surface area contributed by atoms with Gasteiger partial charge in [0.2, 0.25) is 5.91 Å². The van der Waals surface area contributed by atoms with Crippen molar-refractivity contribution in [2.75, 3.05) is 7.11 Å². The predicted octanol–water partition coefficient (Wildman–Crippen LogP) is 4.48. The molecule has 5 heteroatoms. The van der Waals surface area contributed by atoms with E-state index >= 15 is 0 Å². The lowest BCUT2D eigenvalue weighted by Gasteiger charge is -2.24. The maximum absolute atomic E-state index is 13.1. The number of carbonyl (C=O) groups excluding carboxylic acids is 1. The van der Waals surface area contributed by atoms with Gasteiger partial charge in [-0.25, -0.2) is 4.98 Å². The highest BCUT2D eigenvalue weighted by atomic mass is 16.5. The second kappa shape index (κ2) is 8.74. The number of ether oxygens (including phenoxy) is 1. The maximum atomic E-state index is 13.1. The Bertz CT molecular complexity index is 901. The Morgan fingerprint density at radius 1 is 1.00 bits per heavy atom. The fourth-order valence-electron chi connectivity index (χ4n) is 3.29. The van der Waals surface area contributed by atoms with E-state index in [1.165, 1.54) is 0 Å². The number of hydrogen-bond donors (Lipinski definition) is 1. The standard InChI is InChI=1S/C23H27N3O2/c1-16(2)22-24-14-15-26(22)17(3)23(27)25-21(18-8-6-5-7-9-18)19-10-12-20(28-4)13-11-19/h5-17,21H,1-4H3,(H,25,27)/t17-,21+/m1/s1. The Labute approximate surface area is 166 Å². The Morgan fingerprint density at radius 3 is 2.25 bits per heavy atom. The largest absolute Gasteiger partial charge is 0.497 e. The molecule has 2 atom stereocenters. The van der Waals surface area contributed by atoms with Crippen molar-refractivity contribution in [1.29, 1.82) is 0 Å². The van der Waals surface area contributed by atoms with Crippen molar-refractivity contribution in [3.05, 3.63) is 83.9 Å². The van der Waals surface area contributed by atoms with Crippen LogP contribution >= 0.6 is 0 Å². The van der Waals surface area contributed by atoms with E-state index in [-0.39, 0.29) is 23.9 Å². The van der Waals surface area contributed by atoms with E-state index in [4.69, 9.17) is 4.74 Å². The van der Waals surface area contributed by atoms with E-state index in [0.29, 0.717) is 0 Å². The molecular weight excluding hydrogens is 350 g/mol. The van der Waals surface area contributed by atoms with Gasteiger partial charge in [0.15, 0.2) is 0 Å². The summed E-state index contributed by atoms with van der Waals surface area (Å²) in [4.78, 5) is 17.5. The van der Waals surface area contributed by atoms with Gasteiger partial charge in [0.25, 0.3) is 0 Å². The molecule has 1 aromatic heterocycles. The van der Waals surface area contributed by atoms with Gasteiger partial charge in [-0.3, -0.25) is 4.79 Å². The van der Waals surface area contributed by atoms with Crippen molar-refractivity contribution >= 4 is 5.91 Å². The third-order valence-electron chi connectivity index (χ3n) is 4.88. The molecule has 0 aliphatic rings. The molecular formula is C23H27N3O2. The zero-order valence-electron chi connectivity index (χ0n) is 16.8. The van der Waals surface area contributed by atoms with Gasteiger partial charge in [0.05, 0.1) is 13.2 Å². The van der Waals surface area contributed by atoms with E-state index < -0.39 is 0 Å². The van der Waals surface area contributed by atoms with Crippen molar-refractivity contribution in [3.8, 4) is 5.75 Å². The second-order valence-corrected chi connectivity index (χ2v) is 7.15. The quantitative estimate of drug-likeness (QED) is 0.660. The number of aromatic nitrogens is 2. The van der Waals surface area contributed by atoms with Crippen molar-refractivity contribution < 1.29 is 9.53 Å². The molecule has 1 amide bonds. The van der Waals surface area contributed by atoms with Crippen LogP contribution in [0, 0.1) is 0 Å². The minimum atomic E-state index is -0.357. The van der Waals surface area contributed by atoms with Crippen LogP contribution in [-0.2, 0) is 4.79 Å². The zero-order valence-corrected chi connectivity index (χ0v) is 16.8. The van der Waals surface area contributed by atoms with Crippen LogP contribution in [0.2, 0.25) is 0 Å². The number of carbonyl (C=O) groups is 1. The topological polar surface area (TPSA) is 56.1 Å². The van der Waals surface area contributed by atoms with Crippen LogP contribution in [0.4, 0.5) is 0 Å². The van der Waals surface area contributed by atoms with Gasteiger partial charge in [-0.05, 0) is 30.2 Å². The Balaban J connectivity index is 1.88. The molecule has 0 saturated heterocycles. The van der Waals surface area contributed by atoms with E-state index in [0.717, 1.165) is 22.7 Å². The highest BCUT2D eigenvalue weighted by molar-refractivity contribution is 5.81. The van der Waals surface area contributed by atoms with Gasteiger partial charge in [0.1, 0.15) is 17.6 Å². The predicted molar refractivity (Wildman–Crippen MR) is 110 cm³/mol. The number of benzene rings is 2. The second-order valence-electron chi connectivity index (χ2n) is 7.15. The SMILES string of the molecule is COc1ccc([C@@H](NC(=O)[C@@H](C)n2ccnc2C(C)C)c2ccccc2)cc1. The monoisotopic (exact) mass is 377 g/mol. The maximum Gasteiger partial charge on any atom is 0.243 e. The van der Waals surface area contributed by atoms with Crippen molar-refractivity contribution in [3.63, 3.8) is 0 Å². The summed E-state index contributed by atoms with van der Waals surface area (Å²) in [6, 6.07) is 17.2. The highest BCUT2D eigenvalue weighted by Gasteiger charge is 2.23. The first kappa shape index (κ1) is 19.7. The summed E-state index contributed by atoms with van der Waals surface area (Å²) < 4.78 is 7.20. The lowest BCUT2D eigenvalue weighted by atomic mass is 9.98. The number of imidazole rings is 1. The van der Waals surface area contributed by atoms with Gasteiger partial charge in [-0.2, -0.15) is 0 Å². The van der Waals surface area contributed by atoms with Crippen LogP contribution in [0.5, 0.6) is 5.75 Å². The average Bonchev–Trinajstić information content (AvgIpc) is 3.22. The fraction of sp³-hybridized carbons (Fsp3) is 0.304. The van der Waals surface area contributed by atoms with Crippen LogP contribution in [0.1, 0.15) is 55.7 Å². The third-order valence-corrected chi connectivity index (χ3v) is 4.88. The van der Waals surface area contributed by atoms with E-state index in [2.05, 4.69) is 24.1 Å². The van der Waals surface area contributed by atoms with E-state index in [1.54, 1.807) is 13.3 Å². The summed E-state index contributed by atoms with van der Waals surface area (Å²) in [6.07, 6.45) is 3.61. The molecule has 1 N–H and O–H groups in total. The first-order valence-electron chi connectivity index (χ1n) is 9.53. The molecule has 0 aliphatic heterocycles. The minimum absolute atomic E-state index is 0.0513. The smallest absolute Gasteiger partial charge is 0.243 e. The Kier molecular flexibility index (Phi) is 6.14. The fourth-order valence-corrected chi connectivity index (χ4v) is 3.29. The van der Waals surface area contributed by atoms with Gasteiger partial charge in [-0.15, -0.1) is 0 Å². The molecule has 1 heterocycles. The molecule has 2 aromatic carbocycles. The summed E-state index contributed by atoms with van der Waals surface area (Å²) in [7, 11) is 1.64. The average molecular weight is 377 g/mol. The lowest BCUT2D eigenvalue weighted by molar-refractivity contribution is -0.124. The number of methoxy groups -OCH3 is 1. The lowest BCUT2D eigenvalue weighted by Crippen LogP contribution is -2.35. The number of nitrogens with one attached hydrogen (secondary N) is 1. The van der Waals surface area contributed by atoms with Crippen LogP contribution < -0.4 is 10.1 Å². The molecule has 0 bridgehead atoms. The Hall–Kier alpha value is -3.08. The summed E-state index contributed by atoms with van der Waals surface area (Å²) in [5.41, 5.74) is 2.03. The van der Waals surface area contributed by atoms with Gasteiger partial charge < -0.3 is 14.6 Å². The third kappa shape index (κ3) is 4.25. The van der Waals surface area contributed by atoms with E-state index in [9.17, 15) is 4.79 Å². The number of rotatable bonds is 7. The minimum Gasteiger partial charge on any atom is -0.497 e. The zero-order chi connectivity index (χ0) is 20.1. The molecule has 28 heavy (non-hydrogen) atoms. The van der Waals surface area contributed by atoms with E-state index in [1.807, 2.05) is 72.3 Å². The van der Waals surface area contributed by atoms with Crippen LogP contribution in [-0.4, -0.2) is 22.6 Å². The van der Waals surface area contributed by atoms with Crippen molar-refractivity contribution in [2.24, 2.45) is 0 Å². The van der Waals surface area contributed by atoms with Gasteiger partial charge in [0, 0.05) is 18.3 Å². The van der Waals surface area contributed by atoms with Crippen LogP contribution in [0.25, 0.3) is 0 Å². The van der Waals surface area contributed by atoms with Crippen molar-refractivity contribution in [2.45, 2.75) is 38.8 Å². The molecule has 0 saturated carbocycles. The number of amides is 1. The molecule has 3 aromatic rings. The first-order chi connectivity index (χ1) is 13.5. The molecule has 0 fully saturated rings. The summed E-state index contributed by atoms with van der Waals surface area (Å²) in [5, 5.41) is 3.21. The number of nitrogens with zero attached hydrogens (tertiary/aromatic N) is 2. The first-order valence-corrected chi connectivity index (χ1v) is 9.53. The molecule has 0 spiro atoms. The Morgan fingerprint density at radius 2 is 1.64 bits per heavy atom. The normalized spacial score (nSPS) is 13.2. The van der Waals surface area contributed by atoms with Crippen molar-refractivity contribution in [1.82, 2.24) is 14.9 Å². The summed E-state index contributed by atoms with van der Waals surface area (Å²) >= 11 is 0. The summed E-state index contributed by atoms with van der Waals surface area (Å²) in [6.45, 7) is 6.06. The highest BCUT2D eigenvalue weighted by Crippen LogP contribution is 2.25. The van der Waals surface area contributed by atoms with Crippen LogP contribution in [0.3, 0.4) is 0 Å². The summed E-state index contributed by atoms with van der Waals surface area (Å²) in [5.74, 6) is 1.89. The molecule has 0 radical (unpaired) electrons. The molecule has 3 rings (SSSR count). The van der Waals surface area contributed by atoms with Crippen LogP contribution in [0.15, 0.2) is 67.0 Å². The molecule has 0 unspecified atom stereocenters. The van der Waals surface area contributed by atoms with Gasteiger partial charge in [-0.1, -0.05) is 56.3 Å². The molecule has 0 aliphatic carbocycles.